The van der Waals surface area contributed by atoms with Crippen LogP contribution in [0.25, 0.3) is 0 Å². The lowest BCUT2D eigenvalue weighted by atomic mass is 9.68. The number of carbonyl (C=O) groups excluding carboxylic acids is 4. The zero-order chi connectivity index (χ0) is 22.9. The molecule has 2 unspecified atom stereocenters. The topological polar surface area (TPSA) is 86.7 Å². The number of alkyl halides is 6. The van der Waals surface area contributed by atoms with Gasteiger partial charge in [0.1, 0.15) is 0 Å². The monoisotopic (exact) mass is 446 g/mol. The zero-order valence-corrected chi connectivity index (χ0v) is 14.8. The van der Waals surface area contributed by atoms with Gasteiger partial charge in [-0.15, -0.1) is 0 Å². The number of hydrogen-bond acceptors (Lipinski definition) is 6. The summed E-state index contributed by atoms with van der Waals surface area (Å²) in [7, 11) is 0. The summed E-state index contributed by atoms with van der Waals surface area (Å²) in [6.45, 7) is 0. The molecule has 2 aliphatic heterocycles. The van der Waals surface area contributed by atoms with E-state index < -0.39 is 75.7 Å². The standard InChI is InChI=1S/C19H8F6O6/c20-18(21,22)17(19(23,24)25,7-1-3-9-11(5-7)15(28)30-13(9)26)8-2-4-10-12(6-8)16(29)31-14(10)27/h1-6,9,11H. The van der Waals surface area contributed by atoms with Gasteiger partial charge in [-0.1, -0.05) is 24.3 Å². The molecule has 0 aromatic heterocycles. The summed E-state index contributed by atoms with van der Waals surface area (Å²) in [4.78, 5) is 46.6. The maximum absolute atomic E-state index is 14.2. The molecule has 1 aliphatic carbocycles. The van der Waals surface area contributed by atoms with Gasteiger partial charge in [-0.2, -0.15) is 26.3 Å². The smallest absolute Gasteiger partial charge is 0.392 e. The Morgan fingerprint density at radius 1 is 0.742 bits per heavy atom. The van der Waals surface area contributed by atoms with Crippen molar-refractivity contribution in [2.75, 3.05) is 0 Å². The van der Waals surface area contributed by atoms with E-state index in [-0.39, 0.29) is 0 Å². The van der Waals surface area contributed by atoms with Gasteiger partial charge >= 0.3 is 36.2 Å². The summed E-state index contributed by atoms with van der Waals surface area (Å²) in [5.74, 6) is -7.98. The third-order valence-corrected chi connectivity index (χ3v) is 5.34. The van der Waals surface area contributed by atoms with Crippen molar-refractivity contribution in [2.24, 2.45) is 11.8 Å². The predicted octanol–water partition coefficient (Wildman–Crippen LogP) is 3.17. The molecule has 1 aromatic carbocycles. The van der Waals surface area contributed by atoms with E-state index in [1.54, 1.807) is 0 Å². The highest BCUT2D eigenvalue weighted by molar-refractivity contribution is 6.14. The molecule has 0 radical (unpaired) electrons. The lowest BCUT2D eigenvalue weighted by Gasteiger charge is -2.40. The van der Waals surface area contributed by atoms with Gasteiger partial charge in [0, 0.05) is 0 Å². The number of halogens is 6. The largest absolute Gasteiger partial charge is 0.411 e. The zero-order valence-electron chi connectivity index (χ0n) is 14.8. The van der Waals surface area contributed by atoms with Crippen LogP contribution >= 0.6 is 0 Å². The molecular formula is C19H8F6O6. The lowest BCUT2D eigenvalue weighted by Crippen LogP contribution is -2.55. The summed E-state index contributed by atoms with van der Waals surface area (Å²) in [6.07, 6.45) is -10.4. The maximum Gasteiger partial charge on any atom is 0.411 e. The second kappa shape index (κ2) is 6.28. The van der Waals surface area contributed by atoms with Crippen LogP contribution in [0.1, 0.15) is 26.3 Å². The van der Waals surface area contributed by atoms with Crippen LogP contribution in [0.4, 0.5) is 26.3 Å². The molecule has 0 amide bonds. The fourth-order valence-corrected chi connectivity index (χ4v) is 3.91. The molecular weight excluding hydrogens is 438 g/mol. The van der Waals surface area contributed by atoms with Crippen molar-refractivity contribution in [1.82, 2.24) is 0 Å². The molecule has 1 aromatic rings. The highest BCUT2D eigenvalue weighted by Gasteiger charge is 2.73. The molecule has 1 saturated heterocycles. The number of hydrogen-bond donors (Lipinski definition) is 0. The van der Waals surface area contributed by atoms with Crippen molar-refractivity contribution < 1.29 is 55.0 Å². The van der Waals surface area contributed by atoms with Gasteiger partial charge in [-0.3, -0.25) is 9.59 Å². The molecule has 0 bridgehead atoms. The Morgan fingerprint density at radius 2 is 1.32 bits per heavy atom. The third-order valence-electron chi connectivity index (χ3n) is 5.34. The van der Waals surface area contributed by atoms with Gasteiger partial charge < -0.3 is 9.47 Å². The molecule has 3 aliphatic rings. The Kier molecular flexibility index (Phi) is 4.22. The summed E-state index contributed by atoms with van der Waals surface area (Å²) in [5.41, 5.74) is -8.70. The molecule has 2 atom stereocenters. The third kappa shape index (κ3) is 2.73. The summed E-state index contributed by atoms with van der Waals surface area (Å²) in [5, 5.41) is 0. The highest BCUT2D eigenvalue weighted by atomic mass is 19.4. The van der Waals surface area contributed by atoms with Crippen LogP contribution in [0.3, 0.4) is 0 Å². The van der Waals surface area contributed by atoms with Crippen LogP contribution in [-0.4, -0.2) is 36.2 Å². The van der Waals surface area contributed by atoms with Crippen molar-refractivity contribution in [1.29, 1.82) is 0 Å². The van der Waals surface area contributed by atoms with Crippen LogP contribution < -0.4 is 0 Å². The van der Waals surface area contributed by atoms with E-state index in [4.69, 9.17) is 0 Å². The average Bonchev–Trinajstić information content (AvgIpc) is 3.09. The van der Waals surface area contributed by atoms with Crippen LogP contribution in [0, 0.1) is 11.8 Å². The number of ether oxygens (including phenoxy) is 2. The Bertz CT molecular complexity index is 1100. The lowest BCUT2D eigenvalue weighted by molar-refractivity contribution is -0.289. The molecule has 1 fully saturated rings. The quantitative estimate of drug-likeness (QED) is 0.394. The van der Waals surface area contributed by atoms with Gasteiger partial charge in [0.15, 0.2) is 0 Å². The molecule has 31 heavy (non-hydrogen) atoms. The number of fused-ring (bicyclic) bond motifs is 2. The van der Waals surface area contributed by atoms with E-state index in [0.29, 0.717) is 30.4 Å². The molecule has 6 nitrogen and oxygen atoms in total. The number of esters is 4. The number of rotatable bonds is 2. The van der Waals surface area contributed by atoms with E-state index in [0.717, 1.165) is 6.08 Å². The molecule has 4 rings (SSSR count). The normalized spacial score (nSPS) is 23.4. The van der Waals surface area contributed by atoms with Crippen molar-refractivity contribution in [3.63, 3.8) is 0 Å². The Labute approximate surface area is 168 Å². The first-order valence-corrected chi connectivity index (χ1v) is 8.49. The van der Waals surface area contributed by atoms with E-state index in [2.05, 4.69) is 9.47 Å². The van der Waals surface area contributed by atoms with Gasteiger partial charge in [0.2, 0.25) is 5.41 Å². The van der Waals surface area contributed by atoms with Crippen molar-refractivity contribution in [2.45, 2.75) is 17.8 Å². The van der Waals surface area contributed by atoms with Gasteiger partial charge in [0.05, 0.1) is 23.0 Å². The number of carbonyl (C=O) groups is 4. The molecule has 2 heterocycles. The Morgan fingerprint density at radius 3 is 1.94 bits per heavy atom. The van der Waals surface area contributed by atoms with E-state index >= 15 is 0 Å². The fourth-order valence-electron chi connectivity index (χ4n) is 3.91. The first-order valence-electron chi connectivity index (χ1n) is 8.49. The minimum Gasteiger partial charge on any atom is -0.392 e. The van der Waals surface area contributed by atoms with E-state index in [9.17, 15) is 45.5 Å². The predicted molar refractivity (Wildman–Crippen MR) is 85.3 cm³/mol. The second-order valence-corrected chi connectivity index (χ2v) is 6.96. The molecule has 12 heteroatoms. The molecule has 162 valence electrons. The van der Waals surface area contributed by atoms with Crippen molar-refractivity contribution in [3.8, 4) is 0 Å². The maximum atomic E-state index is 14.2. The average molecular weight is 446 g/mol. The first kappa shape index (κ1) is 20.8. The van der Waals surface area contributed by atoms with Crippen LogP contribution in [0.15, 0.2) is 42.0 Å². The van der Waals surface area contributed by atoms with Crippen LogP contribution in [0.2, 0.25) is 0 Å². The van der Waals surface area contributed by atoms with Crippen molar-refractivity contribution >= 4 is 23.9 Å². The summed E-state index contributed by atoms with van der Waals surface area (Å²) >= 11 is 0. The van der Waals surface area contributed by atoms with Crippen LogP contribution in [-0.2, 0) is 24.5 Å². The first-order chi connectivity index (χ1) is 14.3. The van der Waals surface area contributed by atoms with Gasteiger partial charge in [-0.05, 0) is 23.3 Å². The molecule has 0 spiro atoms. The highest BCUT2D eigenvalue weighted by Crippen LogP contribution is 2.58. The van der Waals surface area contributed by atoms with Gasteiger partial charge in [-0.25, -0.2) is 9.59 Å². The van der Waals surface area contributed by atoms with Crippen molar-refractivity contribution in [3.05, 3.63) is 58.7 Å². The summed E-state index contributed by atoms with van der Waals surface area (Å²) < 4.78 is 93.9. The number of cyclic esters (lactones) is 4. The summed E-state index contributed by atoms with van der Waals surface area (Å²) in [6, 6.07) is 1.34. The Balaban J connectivity index is 1.99. The SMILES string of the molecule is O=C1OC(=O)c2cc(C(C3=CC4C(=O)OC(=O)C4C=C3)(C(F)(F)F)C(F)(F)F)ccc21. The van der Waals surface area contributed by atoms with E-state index in [1.807, 2.05) is 0 Å². The van der Waals surface area contributed by atoms with Gasteiger partial charge in [0.25, 0.3) is 0 Å². The fraction of sp³-hybridized carbons (Fsp3) is 0.263. The second-order valence-electron chi connectivity index (χ2n) is 6.96. The molecule has 0 saturated carbocycles. The number of allylic oxidation sites excluding steroid dienone is 2. The molecule has 0 N–H and O–H groups in total. The van der Waals surface area contributed by atoms with E-state index in [1.165, 1.54) is 0 Å². The minimum atomic E-state index is -6.00. The number of benzene rings is 1. The minimum absolute atomic E-state index is 0.294. The Hall–Kier alpha value is -3.44. The van der Waals surface area contributed by atoms with Crippen LogP contribution in [0.5, 0.6) is 0 Å².